The summed E-state index contributed by atoms with van der Waals surface area (Å²) >= 11 is 0. The number of ether oxygens (including phenoxy) is 1. The Bertz CT molecular complexity index is 360. The maximum atomic E-state index is 11.5. The zero-order valence-electron chi connectivity index (χ0n) is 8.36. The minimum atomic E-state index is -0.251. The SMILES string of the molecule is CC(C)N1C(=O)OCc2ccccc21. The number of hydrogen-bond donors (Lipinski definition) is 0. The van der Waals surface area contributed by atoms with E-state index >= 15 is 0 Å². The summed E-state index contributed by atoms with van der Waals surface area (Å²) in [6.45, 7) is 4.34. The number of carbonyl (C=O) groups excluding carboxylic acids is 1. The highest BCUT2D eigenvalue weighted by atomic mass is 16.6. The molecule has 0 bridgehead atoms. The summed E-state index contributed by atoms with van der Waals surface area (Å²) in [5, 5.41) is 0. The molecule has 1 amide bonds. The van der Waals surface area contributed by atoms with E-state index in [0.717, 1.165) is 11.3 Å². The number of fused-ring (bicyclic) bond motifs is 1. The number of para-hydroxylation sites is 1. The van der Waals surface area contributed by atoms with Gasteiger partial charge >= 0.3 is 6.09 Å². The largest absolute Gasteiger partial charge is 0.444 e. The molecule has 0 atom stereocenters. The first-order valence-corrected chi connectivity index (χ1v) is 4.74. The van der Waals surface area contributed by atoms with Crippen molar-refractivity contribution in [2.75, 3.05) is 4.90 Å². The van der Waals surface area contributed by atoms with Gasteiger partial charge in [0.05, 0.1) is 5.69 Å². The van der Waals surface area contributed by atoms with Crippen LogP contribution in [0.2, 0.25) is 0 Å². The van der Waals surface area contributed by atoms with Gasteiger partial charge in [-0.15, -0.1) is 0 Å². The van der Waals surface area contributed by atoms with Crippen LogP contribution in [0.1, 0.15) is 19.4 Å². The second kappa shape index (κ2) is 3.33. The summed E-state index contributed by atoms with van der Waals surface area (Å²) < 4.78 is 5.07. The smallest absolute Gasteiger partial charge is 0.414 e. The van der Waals surface area contributed by atoms with Gasteiger partial charge in [-0.05, 0) is 19.9 Å². The molecule has 1 aromatic carbocycles. The van der Waals surface area contributed by atoms with Crippen LogP contribution in [0.15, 0.2) is 24.3 Å². The van der Waals surface area contributed by atoms with Crippen molar-refractivity contribution < 1.29 is 9.53 Å². The fourth-order valence-electron chi connectivity index (χ4n) is 1.66. The minimum absolute atomic E-state index is 0.129. The van der Waals surface area contributed by atoms with Gasteiger partial charge in [0.2, 0.25) is 0 Å². The molecule has 1 aliphatic heterocycles. The Morgan fingerprint density at radius 3 is 2.79 bits per heavy atom. The zero-order chi connectivity index (χ0) is 10.1. The van der Waals surface area contributed by atoms with Gasteiger partial charge in [-0.2, -0.15) is 0 Å². The Hall–Kier alpha value is -1.51. The average Bonchev–Trinajstić information content (AvgIpc) is 2.17. The third kappa shape index (κ3) is 1.35. The maximum absolute atomic E-state index is 11.5. The molecule has 3 heteroatoms. The molecular formula is C11H13NO2. The first kappa shape index (κ1) is 9.06. The molecule has 1 aliphatic rings. The molecule has 0 fully saturated rings. The van der Waals surface area contributed by atoms with E-state index in [4.69, 9.17) is 4.74 Å². The number of cyclic esters (lactones) is 1. The quantitative estimate of drug-likeness (QED) is 0.682. The second-order valence-corrected chi connectivity index (χ2v) is 3.65. The standard InChI is InChI=1S/C11H13NO2/c1-8(2)12-10-6-4-3-5-9(10)7-14-11(12)13/h3-6,8H,7H2,1-2H3. The van der Waals surface area contributed by atoms with E-state index in [-0.39, 0.29) is 12.1 Å². The molecule has 74 valence electrons. The van der Waals surface area contributed by atoms with E-state index in [9.17, 15) is 4.79 Å². The molecule has 14 heavy (non-hydrogen) atoms. The molecule has 0 radical (unpaired) electrons. The normalized spacial score (nSPS) is 15.4. The Kier molecular flexibility index (Phi) is 2.15. The van der Waals surface area contributed by atoms with E-state index in [0.29, 0.717) is 6.61 Å². The molecule has 0 aliphatic carbocycles. The Morgan fingerprint density at radius 1 is 1.36 bits per heavy atom. The number of hydrogen-bond acceptors (Lipinski definition) is 2. The van der Waals surface area contributed by atoms with Crippen molar-refractivity contribution in [2.24, 2.45) is 0 Å². The number of rotatable bonds is 1. The lowest BCUT2D eigenvalue weighted by molar-refractivity contribution is 0.140. The van der Waals surface area contributed by atoms with Gasteiger partial charge in [-0.25, -0.2) is 4.79 Å². The van der Waals surface area contributed by atoms with Crippen LogP contribution in [0.3, 0.4) is 0 Å². The first-order valence-electron chi connectivity index (χ1n) is 4.74. The summed E-state index contributed by atoms with van der Waals surface area (Å²) in [4.78, 5) is 13.2. The molecule has 0 N–H and O–H groups in total. The molecule has 0 spiro atoms. The minimum Gasteiger partial charge on any atom is -0.444 e. The second-order valence-electron chi connectivity index (χ2n) is 3.65. The zero-order valence-corrected chi connectivity index (χ0v) is 8.36. The average molecular weight is 191 g/mol. The van der Waals surface area contributed by atoms with Crippen LogP contribution in [0, 0.1) is 0 Å². The van der Waals surface area contributed by atoms with Crippen LogP contribution >= 0.6 is 0 Å². The molecule has 2 rings (SSSR count). The molecule has 0 saturated heterocycles. The van der Waals surface area contributed by atoms with Crippen molar-refractivity contribution in [3.63, 3.8) is 0 Å². The number of carbonyl (C=O) groups is 1. The molecule has 1 heterocycles. The van der Waals surface area contributed by atoms with Crippen LogP contribution in [-0.4, -0.2) is 12.1 Å². The number of anilines is 1. The summed E-state index contributed by atoms with van der Waals surface area (Å²) in [6, 6.07) is 7.96. The molecule has 0 unspecified atom stereocenters. The van der Waals surface area contributed by atoms with E-state index < -0.39 is 0 Å². The van der Waals surface area contributed by atoms with Gasteiger partial charge in [0.25, 0.3) is 0 Å². The third-order valence-electron chi connectivity index (χ3n) is 2.32. The maximum Gasteiger partial charge on any atom is 0.414 e. The predicted molar refractivity (Wildman–Crippen MR) is 54.2 cm³/mol. The van der Waals surface area contributed by atoms with Crippen LogP contribution in [0.5, 0.6) is 0 Å². The summed E-state index contributed by atoms with van der Waals surface area (Å²) in [6.07, 6.45) is -0.251. The summed E-state index contributed by atoms with van der Waals surface area (Å²) in [7, 11) is 0. The number of nitrogens with zero attached hydrogens (tertiary/aromatic N) is 1. The van der Waals surface area contributed by atoms with Crippen LogP contribution in [-0.2, 0) is 11.3 Å². The highest BCUT2D eigenvalue weighted by Gasteiger charge is 2.27. The molecular weight excluding hydrogens is 178 g/mol. The Morgan fingerprint density at radius 2 is 2.07 bits per heavy atom. The third-order valence-corrected chi connectivity index (χ3v) is 2.32. The van der Waals surface area contributed by atoms with Crippen LogP contribution in [0.25, 0.3) is 0 Å². The van der Waals surface area contributed by atoms with Gasteiger partial charge in [-0.3, -0.25) is 4.90 Å². The van der Waals surface area contributed by atoms with Crippen molar-refractivity contribution in [2.45, 2.75) is 26.5 Å². The fraction of sp³-hybridized carbons (Fsp3) is 0.364. The van der Waals surface area contributed by atoms with Gasteiger partial charge in [0.15, 0.2) is 0 Å². The van der Waals surface area contributed by atoms with Crippen LogP contribution in [0.4, 0.5) is 10.5 Å². The van der Waals surface area contributed by atoms with Crippen molar-refractivity contribution >= 4 is 11.8 Å². The predicted octanol–water partition coefficient (Wildman–Crippen LogP) is 2.55. The molecule has 0 aromatic heterocycles. The highest BCUT2D eigenvalue weighted by molar-refractivity contribution is 5.90. The lowest BCUT2D eigenvalue weighted by Gasteiger charge is -2.31. The molecule has 0 saturated carbocycles. The highest BCUT2D eigenvalue weighted by Crippen LogP contribution is 2.28. The van der Waals surface area contributed by atoms with Crippen molar-refractivity contribution in [1.29, 1.82) is 0 Å². The van der Waals surface area contributed by atoms with Crippen molar-refractivity contribution in [3.8, 4) is 0 Å². The lowest BCUT2D eigenvalue weighted by Crippen LogP contribution is -2.40. The summed E-state index contributed by atoms with van der Waals surface area (Å²) in [5.41, 5.74) is 2.04. The van der Waals surface area contributed by atoms with E-state index in [1.165, 1.54) is 0 Å². The fourth-order valence-corrected chi connectivity index (χ4v) is 1.66. The van der Waals surface area contributed by atoms with Gasteiger partial charge in [0.1, 0.15) is 6.61 Å². The Labute approximate surface area is 83.3 Å². The molecule has 3 nitrogen and oxygen atoms in total. The first-order chi connectivity index (χ1) is 6.70. The van der Waals surface area contributed by atoms with Gasteiger partial charge in [0, 0.05) is 11.6 Å². The van der Waals surface area contributed by atoms with E-state index in [1.54, 1.807) is 4.90 Å². The Balaban J connectivity index is 2.46. The molecule has 1 aromatic rings. The van der Waals surface area contributed by atoms with Crippen molar-refractivity contribution in [3.05, 3.63) is 29.8 Å². The number of amides is 1. The van der Waals surface area contributed by atoms with Gasteiger partial charge in [-0.1, -0.05) is 18.2 Å². The van der Waals surface area contributed by atoms with E-state index in [2.05, 4.69) is 0 Å². The van der Waals surface area contributed by atoms with Crippen molar-refractivity contribution in [1.82, 2.24) is 0 Å². The topological polar surface area (TPSA) is 29.5 Å². The monoisotopic (exact) mass is 191 g/mol. The van der Waals surface area contributed by atoms with Crippen LogP contribution < -0.4 is 4.90 Å². The van der Waals surface area contributed by atoms with E-state index in [1.807, 2.05) is 38.1 Å². The van der Waals surface area contributed by atoms with Gasteiger partial charge < -0.3 is 4.74 Å². The summed E-state index contributed by atoms with van der Waals surface area (Å²) in [5.74, 6) is 0. The number of benzene rings is 1. The lowest BCUT2D eigenvalue weighted by atomic mass is 10.1.